The van der Waals surface area contributed by atoms with E-state index in [0.717, 1.165) is 22.6 Å². The molecular weight excluding hydrogens is 306 g/mol. The Balaban J connectivity index is 1.96. The summed E-state index contributed by atoms with van der Waals surface area (Å²) in [5.41, 5.74) is 4.00. The van der Waals surface area contributed by atoms with Gasteiger partial charge >= 0.3 is 0 Å². The van der Waals surface area contributed by atoms with Crippen LogP contribution in [0.1, 0.15) is 30.6 Å². The molecule has 0 unspecified atom stereocenters. The number of Topliss-reactive ketones (excluding diaryl/α,β-unsaturated/α-hetero) is 1. The van der Waals surface area contributed by atoms with Crippen LogP contribution in [0.5, 0.6) is 0 Å². The van der Waals surface area contributed by atoms with E-state index in [2.05, 4.69) is 43.0 Å². The minimum Gasteiger partial charge on any atom is -0.311 e. The molecule has 0 heterocycles. The summed E-state index contributed by atoms with van der Waals surface area (Å²) in [5.74, 6) is 0.574. The van der Waals surface area contributed by atoms with Crippen molar-refractivity contribution in [1.29, 1.82) is 0 Å². The molecule has 0 bridgehead atoms. The number of para-hydroxylation sites is 2. The van der Waals surface area contributed by atoms with Gasteiger partial charge in [-0.1, -0.05) is 50.2 Å². The Bertz CT molecular complexity index is 768. The largest absolute Gasteiger partial charge is 0.311 e. The van der Waals surface area contributed by atoms with Crippen LogP contribution in [0, 0.1) is 5.92 Å². The van der Waals surface area contributed by atoms with Gasteiger partial charge in [0.1, 0.15) is 0 Å². The number of benzene rings is 3. The fourth-order valence-electron chi connectivity index (χ4n) is 2.89. The molecule has 0 N–H and O–H groups in total. The van der Waals surface area contributed by atoms with Gasteiger partial charge in [-0.2, -0.15) is 0 Å². The lowest BCUT2D eigenvalue weighted by Crippen LogP contribution is -2.10. The van der Waals surface area contributed by atoms with Gasteiger partial charge in [0, 0.05) is 29.0 Å². The summed E-state index contributed by atoms with van der Waals surface area (Å²) >= 11 is 0. The third kappa shape index (κ3) is 4.16. The lowest BCUT2D eigenvalue weighted by atomic mass is 10.0. The molecule has 3 aromatic carbocycles. The highest BCUT2D eigenvalue weighted by molar-refractivity contribution is 5.96. The molecule has 2 nitrogen and oxygen atoms in total. The van der Waals surface area contributed by atoms with E-state index in [4.69, 9.17) is 0 Å². The summed E-state index contributed by atoms with van der Waals surface area (Å²) in [7, 11) is 0. The Labute approximate surface area is 149 Å². The van der Waals surface area contributed by atoms with Crippen LogP contribution in [-0.4, -0.2) is 5.78 Å². The van der Waals surface area contributed by atoms with E-state index < -0.39 is 0 Å². The zero-order valence-electron chi connectivity index (χ0n) is 14.7. The molecule has 0 spiro atoms. The van der Waals surface area contributed by atoms with Crippen LogP contribution in [0.25, 0.3) is 0 Å². The van der Waals surface area contributed by atoms with E-state index in [1.165, 1.54) is 0 Å². The maximum atomic E-state index is 12.3. The number of rotatable bonds is 6. The van der Waals surface area contributed by atoms with Crippen molar-refractivity contribution in [3.8, 4) is 0 Å². The molecule has 0 aliphatic carbocycles. The summed E-state index contributed by atoms with van der Waals surface area (Å²) in [6.45, 7) is 4.14. The molecular formula is C23H23NO. The predicted octanol–water partition coefficient (Wildman–Crippen LogP) is 6.39. The second kappa shape index (κ2) is 7.80. The van der Waals surface area contributed by atoms with E-state index in [1.807, 2.05) is 60.7 Å². The van der Waals surface area contributed by atoms with Crippen molar-refractivity contribution in [1.82, 2.24) is 0 Å². The fourth-order valence-corrected chi connectivity index (χ4v) is 2.89. The standard InChI is InChI=1S/C23H23NO/c1-18(2)17-23(25)19-13-15-22(16-14-19)24(20-9-5-3-6-10-20)21-11-7-4-8-12-21/h3-16,18H,17H2,1-2H3. The van der Waals surface area contributed by atoms with Crippen molar-refractivity contribution in [3.05, 3.63) is 90.5 Å². The van der Waals surface area contributed by atoms with Gasteiger partial charge in [0.2, 0.25) is 0 Å². The number of carbonyl (C=O) groups excluding carboxylic acids is 1. The summed E-state index contributed by atoms with van der Waals surface area (Å²) in [6, 6.07) is 28.4. The van der Waals surface area contributed by atoms with E-state index in [1.54, 1.807) is 0 Å². The highest BCUT2D eigenvalue weighted by Crippen LogP contribution is 2.34. The average Bonchev–Trinajstić information content (AvgIpc) is 2.64. The maximum absolute atomic E-state index is 12.3. The third-order valence-electron chi connectivity index (χ3n) is 4.07. The van der Waals surface area contributed by atoms with E-state index >= 15 is 0 Å². The Morgan fingerprint density at radius 2 is 1.16 bits per heavy atom. The van der Waals surface area contributed by atoms with Crippen molar-refractivity contribution in [2.24, 2.45) is 5.92 Å². The van der Waals surface area contributed by atoms with E-state index in [-0.39, 0.29) is 5.78 Å². The monoisotopic (exact) mass is 329 g/mol. The molecule has 0 aromatic heterocycles. The number of carbonyl (C=O) groups is 1. The van der Waals surface area contributed by atoms with Gasteiger partial charge in [-0.3, -0.25) is 4.79 Å². The van der Waals surface area contributed by atoms with Crippen molar-refractivity contribution in [2.45, 2.75) is 20.3 Å². The fraction of sp³-hybridized carbons (Fsp3) is 0.174. The molecule has 0 fully saturated rings. The Hall–Kier alpha value is -2.87. The molecule has 0 saturated carbocycles. The second-order valence-electron chi connectivity index (χ2n) is 6.57. The number of anilines is 3. The molecule has 3 rings (SSSR count). The van der Waals surface area contributed by atoms with Gasteiger partial charge in [-0.25, -0.2) is 0 Å². The number of hydrogen-bond acceptors (Lipinski definition) is 2. The molecule has 0 saturated heterocycles. The van der Waals surface area contributed by atoms with Gasteiger partial charge in [-0.05, 0) is 54.4 Å². The minimum absolute atomic E-state index is 0.201. The molecule has 0 radical (unpaired) electrons. The Morgan fingerprint density at radius 1 is 0.720 bits per heavy atom. The summed E-state index contributed by atoms with van der Waals surface area (Å²) in [4.78, 5) is 14.5. The van der Waals surface area contributed by atoms with Crippen LogP contribution in [0.2, 0.25) is 0 Å². The topological polar surface area (TPSA) is 20.3 Å². The Kier molecular flexibility index (Phi) is 5.30. The second-order valence-corrected chi connectivity index (χ2v) is 6.57. The normalized spacial score (nSPS) is 10.7. The molecule has 2 heteroatoms. The van der Waals surface area contributed by atoms with E-state index in [0.29, 0.717) is 12.3 Å². The van der Waals surface area contributed by atoms with Crippen LogP contribution in [0.3, 0.4) is 0 Å². The zero-order valence-corrected chi connectivity index (χ0v) is 14.7. The number of nitrogens with zero attached hydrogens (tertiary/aromatic N) is 1. The molecule has 126 valence electrons. The molecule has 0 atom stereocenters. The Morgan fingerprint density at radius 3 is 1.60 bits per heavy atom. The first-order valence-corrected chi connectivity index (χ1v) is 8.68. The van der Waals surface area contributed by atoms with Crippen LogP contribution >= 0.6 is 0 Å². The van der Waals surface area contributed by atoms with Crippen molar-refractivity contribution in [2.75, 3.05) is 4.90 Å². The van der Waals surface area contributed by atoms with Crippen LogP contribution < -0.4 is 4.90 Å². The van der Waals surface area contributed by atoms with E-state index in [9.17, 15) is 4.79 Å². The number of hydrogen-bond donors (Lipinski definition) is 0. The maximum Gasteiger partial charge on any atom is 0.163 e. The van der Waals surface area contributed by atoms with Crippen LogP contribution in [-0.2, 0) is 0 Å². The minimum atomic E-state index is 0.201. The summed E-state index contributed by atoms with van der Waals surface area (Å²) in [5, 5.41) is 0. The first kappa shape index (κ1) is 17.0. The average molecular weight is 329 g/mol. The molecule has 0 aliphatic rings. The lowest BCUT2D eigenvalue weighted by Gasteiger charge is -2.25. The third-order valence-corrected chi connectivity index (χ3v) is 4.07. The SMILES string of the molecule is CC(C)CC(=O)c1ccc(N(c2ccccc2)c2ccccc2)cc1. The van der Waals surface area contributed by atoms with Gasteiger partial charge in [0.15, 0.2) is 5.78 Å². The first-order valence-electron chi connectivity index (χ1n) is 8.68. The molecule has 0 amide bonds. The van der Waals surface area contributed by atoms with Crippen molar-refractivity contribution in [3.63, 3.8) is 0 Å². The smallest absolute Gasteiger partial charge is 0.163 e. The van der Waals surface area contributed by atoms with Crippen molar-refractivity contribution >= 4 is 22.8 Å². The first-order chi connectivity index (χ1) is 12.1. The molecule has 25 heavy (non-hydrogen) atoms. The zero-order chi connectivity index (χ0) is 17.6. The van der Waals surface area contributed by atoms with Crippen LogP contribution in [0.4, 0.5) is 17.1 Å². The highest BCUT2D eigenvalue weighted by Gasteiger charge is 2.13. The van der Waals surface area contributed by atoms with Gasteiger partial charge in [0.25, 0.3) is 0 Å². The van der Waals surface area contributed by atoms with Crippen LogP contribution in [0.15, 0.2) is 84.9 Å². The molecule has 0 aliphatic heterocycles. The quantitative estimate of drug-likeness (QED) is 0.489. The molecule has 3 aromatic rings. The predicted molar refractivity (Wildman–Crippen MR) is 105 cm³/mol. The van der Waals surface area contributed by atoms with Gasteiger partial charge in [0.05, 0.1) is 0 Å². The van der Waals surface area contributed by atoms with Gasteiger partial charge < -0.3 is 4.90 Å². The number of ketones is 1. The van der Waals surface area contributed by atoms with Crippen molar-refractivity contribution < 1.29 is 4.79 Å². The lowest BCUT2D eigenvalue weighted by molar-refractivity contribution is 0.0968. The highest BCUT2D eigenvalue weighted by atomic mass is 16.1. The summed E-state index contributed by atoms with van der Waals surface area (Å²) < 4.78 is 0. The summed E-state index contributed by atoms with van der Waals surface area (Å²) in [6.07, 6.45) is 0.584. The van der Waals surface area contributed by atoms with Gasteiger partial charge in [-0.15, -0.1) is 0 Å².